The molecular formula is C9H13NO2. The Bertz CT molecular complexity index is 271. The van der Waals surface area contributed by atoms with Gasteiger partial charge in [-0.3, -0.25) is 0 Å². The maximum Gasteiger partial charge on any atom is 0.213 e. The zero-order valence-corrected chi connectivity index (χ0v) is 7.53. The lowest BCUT2D eigenvalue weighted by Gasteiger charge is -2.07. The molecule has 0 amide bonds. The van der Waals surface area contributed by atoms with Crippen LogP contribution in [0.5, 0.6) is 5.88 Å². The van der Waals surface area contributed by atoms with Crippen molar-refractivity contribution >= 4 is 0 Å². The molecule has 0 saturated heterocycles. The highest BCUT2D eigenvalue weighted by Crippen LogP contribution is 2.17. The fourth-order valence-corrected chi connectivity index (χ4v) is 1.01. The van der Waals surface area contributed by atoms with E-state index >= 15 is 0 Å². The minimum atomic E-state index is -0.472. The Morgan fingerprint density at radius 2 is 2.17 bits per heavy atom. The minimum absolute atomic E-state index is 0.472. The van der Waals surface area contributed by atoms with Crippen molar-refractivity contribution in [1.82, 2.24) is 4.98 Å². The fourth-order valence-electron chi connectivity index (χ4n) is 1.01. The Balaban J connectivity index is 3.06. The highest BCUT2D eigenvalue weighted by atomic mass is 16.5. The number of aryl methyl sites for hydroxylation is 1. The lowest BCUT2D eigenvalue weighted by molar-refractivity contribution is 0.198. The fraction of sp³-hybridized carbons (Fsp3) is 0.444. The van der Waals surface area contributed by atoms with Gasteiger partial charge in [0, 0.05) is 11.8 Å². The lowest BCUT2D eigenvalue weighted by Crippen LogP contribution is -1.96. The van der Waals surface area contributed by atoms with Crippen LogP contribution in [0.4, 0.5) is 0 Å². The third kappa shape index (κ3) is 1.95. The van der Waals surface area contributed by atoms with E-state index in [0.29, 0.717) is 5.88 Å². The van der Waals surface area contributed by atoms with E-state index in [1.165, 1.54) is 0 Å². The van der Waals surface area contributed by atoms with Crippen molar-refractivity contribution in [3.05, 3.63) is 23.4 Å². The Kier molecular flexibility index (Phi) is 2.65. The van der Waals surface area contributed by atoms with Gasteiger partial charge in [0.05, 0.1) is 13.2 Å². The molecule has 12 heavy (non-hydrogen) atoms. The van der Waals surface area contributed by atoms with E-state index in [4.69, 9.17) is 4.74 Å². The van der Waals surface area contributed by atoms with Crippen molar-refractivity contribution in [2.24, 2.45) is 0 Å². The Morgan fingerprint density at radius 1 is 1.50 bits per heavy atom. The maximum absolute atomic E-state index is 9.28. The third-order valence-corrected chi connectivity index (χ3v) is 1.64. The van der Waals surface area contributed by atoms with E-state index in [0.717, 1.165) is 11.3 Å². The van der Waals surface area contributed by atoms with Crippen molar-refractivity contribution in [2.75, 3.05) is 7.11 Å². The van der Waals surface area contributed by atoms with Gasteiger partial charge in [0.1, 0.15) is 0 Å². The largest absolute Gasteiger partial charge is 0.481 e. The summed E-state index contributed by atoms with van der Waals surface area (Å²) in [5.41, 5.74) is 1.68. The van der Waals surface area contributed by atoms with E-state index < -0.39 is 6.10 Å². The predicted octanol–water partition coefficient (Wildman–Crippen LogP) is 1.45. The van der Waals surface area contributed by atoms with Crippen LogP contribution < -0.4 is 4.74 Å². The first-order valence-electron chi connectivity index (χ1n) is 3.84. The summed E-state index contributed by atoms with van der Waals surface area (Å²) in [6, 6.07) is 3.57. The van der Waals surface area contributed by atoms with Gasteiger partial charge in [0.25, 0.3) is 0 Å². The molecule has 3 nitrogen and oxygen atoms in total. The third-order valence-electron chi connectivity index (χ3n) is 1.64. The standard InChI is InChI=1S/C9H13NO2/c1-6-4-8(7(2)11)5-9(10-6)12-3/h4-5,7,11H,1-3H3. The normalized spacial score (nSPS) is 12.7. The quantitative estimate of drug-likeness (QED) is 0.725. The molecule has 0 spiro atoms. The molecule has 0 aliphatic carbocycles. The van der Waals surface area contributed by atoms with Crippen LogP contribution in [0.1, 0.15) is 24.3 Å². The molecule has 0 saturated carbocycles. The number of hydrogen-bond donors (Lipinski definition) is 1. The summed E-state index contributed by atoms with van der Waals surface area (Å²) in [5.74, 6) is 0.547. The first kappa shape index (κ1) is 9.00. The van der Waals surface area contributed by atoms with E-state index in [2.05, 4.69) is 4.98 Å². The molecule has 1 atom stereocenters. The SMILES string of the molecule is COc1cc(C(C)O)cc(C)n1. The van der Waals surface area contributed by atoms with Gasteiger partial charge >= 0.3 is 0 Å². The van der Waals surface area contributed by atoms with E-state index in [1.807, 2.05) is 13.0 Å². The van der Waals surface area contributed by atoms with Crippen molar-refractivity contribution < 1.29 is 9.84 Å². The van der Waals surface area contributed by atoms with Crippen LogP contribution in [0.2, 0.25) is 0 Å². The van der Waals surface area contributed by atoms with Gasteiger partial charge < -0.3 is 9.84 Å². The van der Waals surface area contributed by atoms with Gasteiger partial charge in [-0.05, 0) is 25.5 Å². The summed E-state index contributed by atoms with van der Waals surface area (Å²) >= 11 is 0. The first-order valence-corrected chi connectivity index (χ1v) is 3.84. The summed E-state index contributed by atoms with van der Waals surface area (Å²) in [6.45, 7) is 3.59. The van der Waals surface area contributed by atoms with Crippen molar-refractivity contribution in [3.63, 3.8) is 0 Å². The molecule has 1 aromatic heterocycles. The average molecular weight is 167 g/mol. The van der Waals surface area contributed by atoms with Crippen molar-refractivity contribution in [3.8, 4) is 5.88 Å². The van der Waals surface area contributed by atoms with Gasteiger partial charge in [0.15, 0.2) is 0 Å². The van der Waals surface area contributed by atoms with Gasteiger partial charge in [-0.15, -0.1) is 0 Å². The van der Waals surface area contributed by atoms with E-state index in [-0.39, 0.29) is 0 Å². The summed E-state index contributed by atoms with van der Waals surface area (Å²) < 4.78 is 4.96. The topological polar surface area (TPSA) is 42.4 Å². The molecule has 0 aliphatic rings. The van der Waals surface area contributed by atoms with Crippen LogP contribution in [0.15, 0.2) is 12.1 Å². The maximum atomic E-state index is 9.28. The number of aliphatic hydroxyl groups is 1. The summed E-state index contributed by atoms with van der Waals surface area (Å²) in [6.07, 6.45) is -0.472. The molecule has 1 N–H and O–H groups in total. The average Bonchev–Trinajstić information content (AvgIpc) is 2.03. The summed E-state index contributed by atoms with van der Waals surface area (Å²) in [5, 5.41) is 9.28. The van der Waals surface area contributed by atoms with Gasteiger partial charge in [-0.1, -0.05) is 0 Å². The molecule has 3 heteroatoms. The number of rotatable bonds is 2. The molecule has 1 aromatic rings. The molecule has 66 valence electrons. The second kappa shape index (κ2) is 3.54. The Hall–Kier alpha value is -1.09. The number of nitrogens with zero attached hydrogens (tertiary/aromatic N) is 1. The summed E-state index contributed by atoms with van der Waals surface area (Å²) in [7, 11) is 1.56. The number of pyridine rings is 1. The van der Waals surface area contributed by atoms with Crippen LogP contribution in [-0.4, -0.2) is 17.2 Å². The molecule has 0 aromatic carbocycles. The van der Waals surface area contributed by atoms with Crippen molar-refractivity contribution in [2.45, 2.75) is 20.0 Å². The number of hydrogen-bond acceptors (Lipinski definition) is 3. The van der Waals surface area contributed by atoms with Gasteiger partial charge in [-0.25, -0.2) is 4.98 Å². The minimum Gasteiger partial charge on any atom is -0.481 e. The number of aliphatic hydroxyl groups excluding tert-OH is 1. The molecule has 0 bridgehead atoms. The lowest BCUT2D eigenvalue weighted by atomic mass is 10.1. The molecule has 1 heterocycles. The van der Waals surface area contributed by atoms with Gasteiger partial charge in [-0.2, -0.15) is 0 Å². The zero-order valence-electron chi connectivity index (χ0n) is 7.53. The highest BCUT2D eigenvalue weighted by molar-refractivity contribution is 5.25. The molecule has 1 unspecified atom stereocenters. The monoisotopic (exact) mass is 167 g/mol. The first-order chi connectivity index (χ1) is 5.63. The molecule has 0 aliphatic heterocycles. The van der Waals surface area contributed by atoms with Crippen LogP contribution >= 0.6 is 0 Å². The van der Waals surface area contributed by atoms with Crippen LogP contribution in [-0.2, 0) is 0 Å². The molecule has 1 rings (SSSR count). The number of ether oxygens (including phenoxy) is 1. The second-order valence-corrected chi connectivity index (χ2v) is 2.76. The van der Waals surface area contributed by atoms with E-state index in [9.17, 15) is 5.11 Å². The molecular weight excluding hydrogens is 154 g/mol. The summed E-state index contributed by atoms with van der Waals surface area (Å²) in [4.78, 5) is 4.10. The number of aromatic nitrogens is 1. The Morgan fingerprint density at radius 3 is 2.67 bits per heavy atom. The van der Waals surface area contributed by atoms with Gasteiger partial charge in [0.2, 0.25) is 5.88 Å². The predicted molar refractivity (Wildman–Crippen MR) is 46.2 cm³/mol. The zero-order chi connectivity index (χ0) is 9.14. The van der Waals surface area contributed by atoms with Crippen molar-refractivity contribution in [1.29, 1.82) is 0 Å². The van der Waals surface area contributed by atoms with Crippen LogP contribution in [0, 0.1) is 6.92 Å². The highest BCUT2D eigenvalue weighted by Gasteiger charge is 2.04. The molecule has 0 radical (unpaired) electrons. The van der Waals surface area contributed by atoms with Crippen LogP contribution in [0.25, 0.3) is 0 Å². The smallest absolute Gasteiger partial charge is 0.213 e. The van der Waals surface area contributed by atoms with E-state index in [1.54, 1.807) is 20.1 Å². The Labute approximate surface area is 72.0 Å². The second-order valence-electron chi connectivity index (χ2n) is 2.76. The molecule has 0 fully saturated rings. The van der Waals surface area contributed by atoms with Crippen LogP contribution in [0.3, 0.4) is 0 Å². The number of methoxy groups -OCH3 is 1.